The van der Waals surface area contributed by atoms with Crippen molar-refractivity contribution in [3.05, 3.63) is 163 Å². The Hall–Kier alpha value is -5.80. The van der Waals surface area contributed by atoms with Gasteiger partial charge in [-0.3, -0.25) is 0 Å². The fourth-order valence-corrected chi connectivity index (χ4v) is 7.35. The van der Waals surface area contributed by atoms with Crippen LogP contribution in [-0.2, 0) is 0 Å². The van der Waals surface area contributed by atoms with Gasteiger partial charge in [-0.25, -0.2) is 0 Å². The molecule has 0 amide bonds. The standard InChI is InChI=1S/C44H31BO2/c1-28-13-9-11-19-34(28)33-22-24-39-41(26-33)47-44-37(35-20-12-10-14-29(35)2)27-36(31-17-7-4-8-18-31)43-42(44)45(39)38-23-21-32(25-40(38)46-43)30-15-5-3-6-16-30/h3-27H,1-2H3. The Morgan fingerprint density at radius 2 is 0.894 bits per heavy atom. The van der Waals surface area contributed by atoms with Crippen LogP contribution in [-0.4, -0.2) is 6.71 Å². The summed E-state index contributed by atoms with van der Waals surface area (Å²) in [6, 6.07) is 53.9. The smallest absolute Gasteiger partial charge is 0.260 e. The van der Waals surface area contributed by atoms with E-state index in [2.05, 4.69) is 166 Å². The van der Waals surface area contributed by atoms with Gasteiger partial charge in [0.1, 0.15) is 23.0 Å². The van der Waals surface area contributed by atoms with E-state index in [1.807, 2.05) is 0 Å². The molecule has 0 radical (unpaired) electrons. The van der Waals surface area contributed by atoms with Crippen molar-refractivity contribution >= 4 is 23.1 Å². The summed E-state index contributed by atoms with van der Waals surface area (Å²) in [6.45, 7) is 4.28. The zero-order valence-corrected chi connectivity index (χ0v) is 26.3. The van der Waals surface area contributed by atoms with Crippen LogP contribution in [0, 0.1) is 13.8 Å². The van der Waals surface area contributed by atoms with E-state index in [-0.39, 0.29) is 6.71 Å². The van der Waals surface area contributed by atoms with Crippen LogP contribution in [0.3, 0.4) is 0 Å². The van der Waals surface area contributed by atoms with Gasteiger partial charge in [0.15, 0.2) is 0 Å². The van der Waals surface area contributed by atoms with E-state index >= 15 is 0 Å². The molecule has 0 atom stereocenters. The number of hydrogen-bond acceptors (Lipinski definition) is 2. The third kappa shape index (κ3) is 4.50. The maximum Gasteiger partial charge on any atom is 0.260 e. The second-order valence-electron chi connectivity index (χ2n) is 12.5. The fraction of sp³-hybridized carbons (Fsp3) is 0.0455. The van der Waals surface area contributed by atoms with Crippen molar-refractivity contribution in [1.29, 1.82) is 0 Å². The van der Waals surface area contributed by atoms with E-state index < -0.39 is 0 Å². The Kier molecular flexibility index (Phi) is 6.40. The minimum absolute atomic E-state index is 0.0605. The largest absolute Gasteiger partial charge is 0.458 e. The van der Waals surface area contributed by atoms with Gasteiger partial charge in [0.05, 0.1) is 0 Å². The lowest BCUT2D eigenvalue weighted by Crippen LogP contribution is -2.57. The molecule has 2 heterocycles. The SMILES string of the molecule is Cc1ccccc1-c1ccc2c(c1)Oc1c(-c3ccccc3C)cc(-c3ccccc3)c3c1B2c1ccc(-c2ccccc2)cc1O3. The highest BCUT2D eigenvalue weighted by Gasteiger charge is 2.43. The quantitative estimate of drug-likeness (QED) is 0.187. The van der Waals surface area contributed by atoms with E-state index in [0.29, 0.717) is 0 Å². The zero-order valence-electron chi connectivity index (χ0n) is 26.3. The minimum Gasteiger partial charge on any atom is -0.458 e. The van der Waals surface area contributed by atoms with Crippen LogP contribution < -0.4 is 25.9 Å². The number of rotatable bonds is 4. The van der Waals surface area contributed by atoms with Crippen molar-refractivity contribution in [2.75, 3.05) is 0 Å². The minimum atomic E-state index is -0.0605. The van der Waals surface area contributed by atoms with E-state index in [9.17, 15) is 0 Å². The summed E-state index contributed by atoms with van der Waals surface area (Å²) in [5.41, 5.74) is 14.9. The van der Waals surface area contributed by atoms with Crippen molar-refractivity contribution in [3.63, 3.8) is 0 Å². The van der Waals surface area contributed by atoms with Crippen molar-refractivity contribution in [2.45, 2.75) is 13.8 Å². The molecule has 0 N–H and O–H groups in total. The third-order valence-electron chi connectivity index (χ3n) is 9.71. The molecule has 0 saturated heterocycles. The van der Waals surface area contributed by atoms with Gasteiger partial charge in [-0.1, -0.05) is 133 Å². The monoisotopic (exact) mass is 602 g/mol. The molecule has 0 fully saturated rings. The van der Waals surface area contributed by atoms with Crippen LogP contribution >= 0.6 is 0 Å². The molecular weight excluding hydrogens is 571 g/mol. The fourth-order valence-electron chi connectivity index (χ4n) is 7.35. The van der Waals surface area contributed by atoms with Crippen LogP contribution in [0.4, 0.5) is 0 Å². The predicted molar refractivity (Wildman–Crippen MR) is 195 cm³/mol. The van der Waals surface area contributed by atoms with Gasteiger partial charge in [0.2, 0.25) is 0 Å². The first-order chi connectivity index (χ1) is 23.1. The second kappa shape index (κ2) is 10.9. The molecule has 0 bridgehead atoms. The summed E-state index contributed by atoms with van der Waals surface area (Å²) in [6.07, 6.45) is 0. The van der Waals surface area contributed by atoms with Gasteiger partial charge in [0.25, 0.3) is 6.71 Å². The number of fused-ring (bicyclic) bond motifs is 4. The molecule has 2 aliphatic rings. The molecule has 222 valence electrons. The van der Waals surface area contributed by atoms with Crippen LogP contribution in [0.25, 0.3) is 44.5 Å². The van der Waals surface area contributed by atoms with Gasteiger partial charge in [-0.15, -0.1) is 0 Å². The van der Waals surface area contributed by atoms with Crippen LogP contribution in [0.2, 0.25) is 0 Å². The average molecular weight is 603 g/mol. The lowest BCUT2D eigenvalue weighted by atomic mass is 9.34. The van der Waals surface area contributed by atoms with Crippen molar-refractivity contribution < 1.29 is 9.47 Å². The van der Waals surface area contributed by atoms with Crippen molar-refractivity contribution in [2.24, 2.45) is 0 Å². The van der Waals surface area contributed by atoms with E-state index in [1.165, 1.54) is 22.3 Å². The molecule has 47 heavy (non-hydrogen) atoms. The Morgan fingerprint density at radius 1 is 0.383 bits per heavy atom. The number of aryl methyl sites for hydroxylation is 2. The summed E-state index contributed by atoms with van der Waals surface area (Å²) in [5.74, 6) is 3.49. The molecule has 3 heteroatoms. The summed E-state index contributed by atoms with van der Waals surface area (Å²) in [4.78, 5) is 0. The summed E-state index contributed by atoms with van der Waals surface area (Å²) < 4.78 is 14.1. The molecule has 0 unspecified atom stereocenters. The molecule has 2 aliphatic heterocycles. The average Bonchev–Trinajstić information content (AvgIpc) is 3.12. The van der Waals surface area contributed by atoms with Gasteiger partial charge >= 0.3 is 0 Å². The Morgan fingerprint density at radius 3 is 1.53 bits per heavy atom. The molecular formula is C44H31BO2. The number of benzene rings is 7. The normalized spacial score (nSPS) is 12.3. The van der Waals surface area contributed by atoms with E-state index in [1.54, 1.807) is 0 Å². The van der Waals surface area contributed by atoms with Crippen LogP contribution in [0.1, 0.15) is 11.1 Å². The first-order valence-corrected chi connectivity index (χ1v) is 16.2. The molecule has 2 nitrogen and oxygen atoms in total. The maximum absolute atomic E-state index is 7.09. The van der Waals surface area contributed by atoms with Gasteiger partial charge < -0.3 is 9.47 Å². The molecule has 7 aromatic rings. The van der Waals surface area contributed by atoms with Gasteiger partial charge in [0, 0.05) is 16.6 Å². The lowest BCUT2D eigenvalue weighted by molar-refractivity contribution is 0.467. The first-order valence-electron chi connectivity index (χ1n) is 16.2. The molecule has 9 rings (SSSR count). The molecule has 7 aromatic carbocycles. The number of ether oxygens (including phenoxy) is 2. The second-order valence-corrected chi connectivity index (χ2v) is 12.5. The van der Waals surface area contributed by atoms with Crippen molar-refractivity contribution in [3.8, 4) is 67.5 Å². The topological polar surface area (TPSA) is 18.5 Å². The van der Waals surface area contributed by atoms with Gasteiger partial charge in [-0.05, 0) is 87.5 Å². The van der Waals surface area contributed by atoms with Crippen molar-refractivity contribution in [1.82, 2.24) is 0 Å². The summed E-state index contributed by atoms with van der Waals surface area (Å²) in [7, 11) is 0. The van der Waals surface area contributed by atoms with E-state index in [4.69, 9.17) is 9.47 Å². The highest BCUT2D eigenvalue weighted by Crippen LogP contribution is 2.47. The molecule has 0 aromatic heterocycles. The highest BCUT2D eigenvalue weighted by atomic mass is 16.5. The van der Waals surface area contributed by atoms with Gasteiger partial charge in [-0.2, -0.15) is 0 Å². The van der Waals surface area contributed by atoms with Crippen LogP contribution in [0.15, 0.2) is 152 Å². The van der Waals surface area contributed by atoms with Crippen LogP contribution in [0.5, 0.6) is 23.0 Å². The summed E-state index contributed by atoms with van der Waals surface area (Å²) >= 11 is 0. The third-order valence-corrected chi connectivity index (χ3v) is 9.71. The zero-order chi connectivity index (χ0) is 31.5. The molecule has 0 saturated carbocycles. The number of hydrogen-bond donors (Lipinski definition) is 0. The lowest BCUT2D eigenvalue weighted by Gasteiger charge is -2.36. The Balaban J connectivity index is 1.34. The predicted octanol–water partition coefficient (Wildman–Crippen LogP) is 9.70. The van der Waals surface area contributed by atoms with E-state index in [0.717, 1.165) is 72.8 Å². The first kappa shape index (κ1) is 27.5. The summed E-state index contributed by atoms with van der Waals surface area (Å²) in [5, 5.41) is 0. The highest BCUT2D eigenvalue weighted by molar-refractivity contribution is 6.98. The maximum atomic E-state index is 7.09. The Labute approximate surface area is 276 Å². The Bertz CT molecular complexity index is 2330. The molecule has 0 spiro atoms. The molecule has 0 aliphatic carbocycles.